The molecule has 2 aromatic rings. The fourth-order valence-corrected chi connectivity index (χ4v) is 4.57. The lowest BCUT2D eigenvalue weighted by Gasteiger charge is -2.18. The van der Waals surface area contributed by atoms with Crippen molar-refractivity contribution < 1.29 is 14.1 Å². The van der Waals surface area contributed by atoms with Crippen molar-refractivity contribution in [3.8, 4) is 0 Å². The first kappa shape index (κ1) is 21.5. The number of likely N-dealkylation sites (N-methyl/N-ethyl adjacent to an activating group) is 1. The SMILES string of the molecule is CC[NH+](CC)CCn1c2c(c(SCC(=O)Nc3ccccc3F)nc1=O)CCC2. The first-order chi connectivity index (χ1) is 14.0. The Kier molecular flexibility index (Phi) is 7.44. The molecule has 0 radical (unpaired) electrons. The number of benzene rings is 1. The number of nitrogens with one attached hydrogen (secondary N) is 2. The first-order valence-corrected chi connectivity index (χ1v) is 11.1. The van der Waals surface area contributed by atoms with E-state index in [1.807, 2.05) is 4.57 Å². The van der Waals surface area contributed by atoms with Crippen LogP contribution in [0.2, 0.25) is 0 Å². The number of amides is 1. The van der Waals surface area contributed by atoms with Crippen molar-refractivity contribution in [2.45, 2.75) is 44.7 Å². The number of anilines is 1. The van der Waals surface area contributed by atoms with Crippen LogP contribution in [0.25, 0.3) is 0 Å². The predicted molar refractivity (Wildman–Crippen MR) is 113 cm³/mol. The molecule has 3 rings (SSSR count). The molecule has 6 nitrogen and oxygen atoms in total. The van der Waals surface area contributed by atoms with Crippen LogP contribution in [0.5, 0.6) is 0 Å². The van der Waals surface area contributed by atoms with Crippen molar-refractivity contribution in [2.75, 3.05) is 30.7 Å². The van der Waals surface area contributed by atoms with E-state index in [1.165, 1.54) is 28.8 Å². The minimum absolute atomic E-state index is 0.0841. The number of aromatic nitrogens is 2. The monoisotopic (exact) mass is 419 g/mol. The van der Waals surface area contributed by atoms with Gasteiger partial charge in [0.2, 0.25) is 5.91 Å². The normalized spacial score (nSPS) is 13.0. The van der Waals surface area contributed by atoms with E-state index >= 15 is 0 Å². The summed E-state index contributed by atoms with van der Waals surface area (Å²) < 4.78 is 15.5. The van der Waals surface area contributed by atoms with E-state index in [0.717, 1.165) is 50.2 Å². The standard InChI is InChI=1S/C21H27FN4O2S/c1-3-25(4-2)12-13-26-18-11-7-8-15(18)20(24-21(26)28)29-14-19(27)23-17-10-6-5-9-16(17)22/h5-6,9-10H,3-4,7-8,11-14H2,1-2H3,(H,23,27)/p+1. The molecule has 0 atom stereocenters. The summed E-state index contributed by atoms with van der Waals surface area (Å²) in [6.07, 6.45) is 2.74. The Morgan fingerprint density at radius 3 is 2.76 bits per heavy atom. The Labute approximate surface area is 174 Å². The summed E-state index contributed by atoms with van der Waals surface area (Å²) in [5.74, 6) is -0.702. The molecule has 8 heteroatoms. The van der Waals surface area contributed by atoms with E-state index in [4.69, 9.17) is 0 Å². The highest BCUT2D eigenvalue weighted by atomic mass is 32.2. The van der Waals surface area contributed by atoms with E-state index in [2.05, 4.69) is 24.1 Å². The summed E-state index contributed by atoms with van der Waals surface area (Å²) in [5, 5.41) is 3.21. The smallest absolute Gasteiger partial charge is 0.334 e. The van der Waals surface area contributed by atoms with Gasteiger partial charge in [-0.1, -0.05) is 23.9 Å². The van der Waals surface area contributed by atoms with Crippen LogP contribution in [0, 0.1) is 5.82 Å². The number of quaternary nitrogens is 1. The Hall–Kier alpha value is -2.19. The second-order valence-electron chi connectivity index (χ2n) is 7.15. The number of fused-ring (bicyclic) bond motifs is 1. The summed E-state index contributed by atoms with van der Waals surface area (Å²) in [6.45, 7) is 7.94. The maximum absolute atomic E-state index is 13.7. The molecule has 156 valence electrons. The number of halogens is 1. The Morgan fingerprint density at radius 2 is 2.03 bits per heavy atom. The number of para-hydroxylation sites is 1. The fourth-order valence-electron chi connectivity index (χ4n) is 3.69. The third-order valence-electron chi connectivity index (χ3n) is 5.38. The zero-order valence-electron chi connectivity index (χ0n) is 17.0. The van der Waals surface area contributed by atoms with Crippen LogP contribution in [0.4, 0.5) is 10.1 Å². The lowest BCUT2D eigenvalue weighted by molar-refractivity contribution is -0.897. The molecule has 2 N–H and O–H groups in total. The van der Waals surface area contributed by atoms with E-state index < -0.39 is 5.82 Å². The highest BCUT2D eigenvalue weighted by Gasteiger charge is 2.23. The minimum atomic E-state index is -0.470. The van der Waals surface area contributed by atoms with E-state index in [9.17, 15) is 14.0 Å². The molecule has 29 heavy (non-hydrogen) atoms. The van der Waals surface area contributed by atoms with Gasteiger partial charge in [-0.15, -0.1) is 0 Å². The van der Waals surface area contributed by atoms with Crippen LogP contribution < -0.4 is 15.9 Å². The molecule has 0 saturated carbocycles. The van der Waals surface area contributed by atoms with Gasteiger partial charge in [0.1, 0.15) is 10.8 Å². The fraction of sp³-hybridized carbons (Fsp3) is 0.476. The van der Waals surface area contributed by atoms with E-state index in [0.29, 0.717) is 11.6 Å². The lowest BCUT2D eigenvalue weighted by Crippen LogP contribution is -3.11. The number of thioether (sulfide) groups is 1. The van der Waals surface area contributed by atoms with Crippen LogP contribution in [-0.2, 0) is 24.2 Å². The number of carbonyl (C=O) groups is 1. The molecule has 0 bridgehead atoms. The summed E-state index contributed by atoms with van der Waals surface area (Å²) >= 11 is 1.25. The average molecular weight is 420 g/mol. The van der Waals surface area contributed by atoms with Gasteiger partial charge < -0.3 is 10.2 Å². The molecule has 0 spiro atoms. The molecule has 1 heterocycles. The van der Waals surface area contributed by atoms with E-state index in [-0.39, 0.29) is 23.0 Å². The highest BCUT2D eigenvalue weighted by molar-refractivity contribution is 8.00. The Bertz CT molecular complexity index is 927. The Morgan fingerprint density at radius 1 is 1.28 bits per heavy atom. The van der Waals surface area contributed by atoms with Crippen molar-refractivity contribution in [1.82, 2.24) is 9.55 Å². The predicted octanol–water partition coefficient (Wildman–Crippen LogP) is 1.53. The maximum Gasteiger partial charge on any atom is 0.349 e. The number of carbonyl (C=O) groups excluding carboxylic acids is 1. The summed E-state index contributed by atoms with van der Waals surface area (Å²) in [6, 6.07) is 6.06. The topological polar surface area (TPSA) is 68.4 Å². The lowest BCUT2D eigenvalue weighted by atomic mass is 10.2. The molecule has 1 aromatic carbocycles. The highest BCUT2D eigenvalue weighted by Crippen LogP contribution is 2.29. The van der Waals surface area contributed by atoms with Crippen LogP contribution in [0.1, 0.15) is 31.5 Å². The van der Waals surface area contributed by atoms with E-state index in [1.54, 1.807) is 12.1 Å². The molecule has 1 aliphatic rings. The van der Waals surface area contributed by atoms with Gasteiger partial charge in [0.25, 0.3) is 0 Å². The summed E-state index contributed by atoms with van der Waals surface area (Å²) in [5.41, 5.74) is 2.07. The molecule has 0 fully saturated rings. The van der Waals surface area contributed by atoms with Crippen molar-refractivity contribution in [3.63, 3.8) is 0 Å². The molecule has 1 aromatic heterocycles. The average Bonchev–Trinajstić information content (AvgIpc) is 3.20. The second kappa shape index (κ2) is 10.0. The van der Waals surface area contributed by atoms with Gasteiger partial charge in [-0.3, -0.25) is 9.36 Å². The van der Waals surface area contributed by atoms with Crippen molar-refractivity contribution in [3.05, 3.63) is 51.8 Å². The number of nitrogens with zero attached hydrogens (tertiary/aromatic N) is 2. The number of hydrogen-bond acceptors (Lipinski definition) is 4. The molecule has 1 amide bonds. The quantitative estimate of drug-likeness (QED) is 0.478. The third kappa shape index (κ3) is 5.25. The zero-order valence-corrected chi connectivity index (χ0v) is 17.8. The summed E-state index contributed by atoms with van der Waals surface area (Å²) in [4.78, 5) is 30.6. The van der Waals surface area contributed by atoms with Gasteiger partial charge in [-0.2, -0.15) is 4.98 Å². The minimum Gasteiger partial charge on any atom is -0.334 e. The number of rotatable bonds is 9. The van der Waals surface area contributed by atoms with Gasteiger partial charge in [0, 0.05) is 11.3 Å². The largest absolute Gasteiger partial charge is 0.349 e. The van der Waals surface area contributed by atoms with Gasteiger partial charge in [0.15, 0.2) is 0 Å². The van der Waals surface area contributed by atoms with Gasteiger partial charge >= 0.3 is 5.69 Å². The maximum atomic E-state index is 13.7. The zero-order chi connectivity index (χ0) is 20.8. The summed E-state index contributed by atoms with van der Waals surface area (Å²) in [7, 11) is 0. The third-order valence-corrected chi connectivity index (χ3v) is 6.40. The molecule has 1 aliphatic carbocycles. The first-order valence-electron chi connectivity index (χ1n) is 10.2. The van der Waals surface area contributed by atoms with Crippen molar-refractivity contribution >= 4 is 23.4 Å². The molecule has 0 saturated heterocycles. The van der Waals surface area contributed by atoms with Gasteiger partial charge in [-0.25, -0.2) is 9.18 Å². The molecular formula is C21H28FN4O2S+. The van der Waals surface area contributed by atoms with Gasteiger partial charge in [0.05, 0.1) is 37.6 Å². The molecule has 0 unspecified atom stereocenters. The van der Waals surface area contributed by atoms with Gasteiger partial charge in [-0.05, 0) is 45.2 Å². The van der Waals surface area contributed by atoms with Crippen LogP contribution in [-0.4, -0.2) is 40.8 Å². The molecular weight excluding hydrogens is 391 g/mol. The molecule has 0 aliphatic heterocycles. The Balaban J connectivity index is 1.70. The van der Waals surface area contributed by atoms with Crippen LogP contribution in [0.15, 0.2) is 34.1 Å². The van der Waals surface area contributed by atoms with Crippen LogP contribution in [0.3, 0.4) is 0 Å². The van der Waals surface area contributed by atoms with Crippen molar-refractivity contribution in [2.24, 2.45) is 0 Å². The van der Waals surface area contributed by atoms with Crippen molar-refractivity contribution in [1.29, 1.82) is 0 Å². The number of hydrogen-bond donors (Lipinski definition) is 2. The second-order valence-corrected chi connectivity index (χ2v) is 8.12. The van der Waals surface area contributed by atoms with Crippen LogP contribution >= 0.6 is 11.8 Å².